The highest BCUT2D eigenvalue weighted by Gasteiger charge is 2.37. The second-order valence-corrected chi connectivity index (χ2v) is 5.55. The highest BCUT2D eigenvalue weighted by atomic mass is 16.5. The van der Waals surface area contributed by atoms with Crippen molar-refractivity contribution in [3.05, 3.63) is 0 Å². The molecule has 4 nitrogen and oxygen atoms in total. The standard InChI is InChI=1S/C12H22N2O2/c1-12(2)5-3-6-13-10(12)11(15)14-9-4-7-16-8-9/h9-10,13H,3-8H2,1-2H3,(H,14,15). The molecule has 4 heteroatoms. The summed E-state index contributed by atoms with van der Waals surface area (Å²) in [6.07, 6.45) is 3.21. The van der Waals surface area contributed by atoms with E-state index in [1.165, 1.54) is 0 Å². The van der Waals surface area contributed by atoms with E-state index < -0.39 is 0 Å². The molecule has 1 amide bonds. The van der Waals surface area contributed by atoms with Crippen molar-refractivity contribution in [2.24, 2.45) is 5.41 Å². The fourth-order valence-electron chi connectivity index (χ4n) is 2.59. The summed E-state index contributed by atoms with van der Waals surface area (Å²) in [6.45, 7) is 6.71. The number of nitrogens with one attached hydrogen (secondary N) is 2. The maximum absolute atomic E-state index is 12.1. The number of ether oxygens (including phenoxy) is 1. The van der Waals surface area contributed by atoms with Gasteiger partial charge in [0.2, 0.25) is 5.91 Å². The average Bonchev–Trinajstić information content (AvgIpc) is 2.69. The third-order valence-corrected chi connectivity index (χ3v) is 3.67. The molecule has 2 unspecified atom stereocenters. The summed E-state index contributed by atoms with van der Waals surface area (Å²) in [5, 5.41) is 6.41. The van der Waals surface area contributed by atoms with Gasteiger partial charge in [0.25, 0.3) is 0 Å². The number of hydrogen-bond donors (Lipinski definition) is 2. The van der Waals surface area contributed by atoms with E-state index in [0.717, 1.165) is 32.4 Å². The zero-order valence-corrected chi connectivity index (χ0v) is 10.2. The number of hydrogen-bond acceptors (Lipinski definition) is 3. The largest absolute Gasteiger partial charge is 0.379 e. The van der Waals surface area contributed by atoms with E-state index in [-0.39, 0.29) is 23.4 Å². The molecular formula is C12H22N2O2. The van der Waals surface area contributed by atoms with Gasteiger partial charge in [-0.25, -0.2) is 0 Å². The zero-order chi connectivity index (χ0) is 11.6. The Kier molecular flexibility index (Phi) is 3.50. The van der Waals surface area contributed by atoms with Crippen LogP contribution in [-0.4, -0.2) is 37.7 Å². The van der Waals surface area contributed by atoms with Crippen LogP contribution in [0.1, 0.15) is 33.1 Å². The van der Waals surface area contributed by atoms with Gasteiger partial charge < -0.3 is 15.4 Å². The first-order valence-electron chi connectivity index (χ1n) is 6.21. The zero-order valence-electron chi connectivity index (χ0n) is 10.2. The lowest BCUT2D eigenvalue weighted by Crippen LogP contribution is -2.57. The van der Waals surface area contributed by atoms with Crippen LogP contribution in [0.4, 0.5) is 0 Å². The molecule has 2 rings (SSSR count). The Morgan fingerprint density at radius 2 is 2.31 bits per heavy atom. The Morgan fingerprint density at radius 3 is 2.94 bits per heavy atom. The number of rotatable bonds is 2. The third-order valence-electron chi connectivity index (χ3n) is 3.67. The van der Waals surface area contributed by atoms with Gasteiger partial charge in [0.05, 0.1) is 18.7 Å². The van der Waals surface area contributed by atoms with Crippen molar-refractivity contribution in [3.8, 4) is 0 Å². The van der Waals surface area contributed by atoms with Gasteiger partial charge >= 0.3 is 0 Å². The van der Waals surface area contributed by atoms with Crippen molar-refractivity contribution in [3.63, 3.8) is 0 Å². The predicted molar refractivity (Wildman–Crippen MR) is 62.2 cm³/mol. The van der Waals surface area contributed by atoms with Crippen molar-refractivity contribution < 1.29 is 9.53 Å². The maximum atomic E-state index is 12.1. The molecule has 0 saturated carbocycles. The molecule has 0 aromatic rings. The Hall–Kier alpha value is -0.610. The molecule has 2 N–H and O–H groups in total. The van der Waals surface area contributed by atoms with Crippen LogP contribution in [0.2, 0.25) is 0 Å². The summed E-state index contributed by atoms with van der Waals surface area (Å²) < 4.78 is 5.26. The Morgan fingerprint density at radius 1 is 1.50 bits per heavy atom. The predicted octanol–water partition coefficient (Wildman–Crippen LogP) is 0.670. The van der Waals surface area contributed by atoms with Crippen molar-refractivity contribution >= 4 is 5.91 Å². The van der Waals surface area contributed by atoms with Crippen LogP contribution in [0.5, 0.6) is 0 Å². The molecule has 0 aromatic heterocycles. The van der Waals surface area contributed by atoms with E-state index in [2.05, 4.69) is 24.5 Å². The maximum Gasteiger partial charge on any atom is 0.237 e. The fourth-order valence-corrected chi connectivity index (χ4v) is 2.59. The minimum absolute atomic E-state index is 0.0538. The first-order chi connectivity index (χ1) is 7.59. The van der Waals surface area contributed by atoms with Crippen LogP contribution >= 0.6 is 0 Å². The lowest BCUT2D eigenvalue weighted by atomic mass is 9.77. The monoisotopic (exact) mass is 226 g/mol. The van der Waals surface area contributed by atoms with Crippen molar-refractivity contribution in [1.82, 2.24) is 10.6 Å². The second-order valence-electron chi connectivity index (χ2n) is 5.55. The number of carbonyl (C=O) groups is 1. The van der Waals surface area contributed by atoms with Gasteiger partial charge in [0, 0.05) is 6.61 Å². The molecular weight excluding hydrogens is 204 g/mol. The molecule has 16 heavy (non-hydrogen) atoms. The van der Waals surface area contributed by atoms with Gasteiger partial charge in [-0.05, 0) is 31.2 Å². The third kappa shape index (κ3) is 2.55. The quantitative estimate of drug-likeness (QED) is 0.727. The molecule has 0 radical (unpaired) electrons. The summed E-state index contributed by atoms with van der Waals surface area (Å²) >= 11 is 0. The number of carbonyl (C=O) groups excluding carboxylic acids is 1. The van der Waals surface area contributed by atoms with Crippen LogP contribution in [0.3, 0.4) is 0 Å². The molecule has 0 bridgehead atoms. The van der Waals surface area contributed by atoms with Gasteiger partial charge in [-0.1, -0.05) is 13.8 Å². The van der Waals surface area contributed by atoms with Crippen LogP contribution in [0.25, 0.3) is 0 Å². The second kappa shape index (κ2) is 4.72. The lowest BCUT2D eigenvalue weighted by molar-refractivity contribution is -0.127. The first kappa shape index (κ1) is 11.9. The van der Waals surface area contributed by atoms with Gasteiger partial charge in [0.1, 0.15) is 0 Å². The van der Waals surface area contributed by atoms with E-state index >= 15 is 0 Å². The summed E-state index contributed by atoms with van der Waals surface area (Å²) in [5.41, 5.74) is 0.0573. The van der Waals surface area contributed by atoms with E-state index in [9.17, 15) is 4.79 Å². The van der Waals surface area contributed by atoms with E-state index in [1.807, 2.05) is 0 Å². The topological polar surface area (TPSA) is 50.4 Å². The van der Waals surface area contributed by atoms with E-state index in [0.29, 0.717) is 6.61 Å². The Labute approximate surface area is 97.1 Å². The van der Waals surface area contributed by atoms with Crippen molar-refractivity contribution in [2.45, 2.75) is 45.2 Å². The summed E-state index contributed by atoms with van der Waals surface area (Å²) in [7, 11) is 0. The molecule has 2 heterocycles. The molecule has 2 saturated heterocycles. The van der Waals surface area contributed by atoms with Crippen molar-refractivity contribution in [1.29, 1.82) is 0 Å². The molecule has 2 fully saturated rings. The molecule has 0 spiro atoms. The highest BCUT2D eigenvalue weighted by molar-refractivity contribution is 5.83. The van der Waals surface area contributed by atoms with Crippen molar-refractivity contribution in [2.75, 3.05) is 19.8 Å². The van der Waals surface area contributed by atoms with Gasteiger partial charge in [-0.15, -0.1) is 0 Å². The highest BCUT2D eigenvalue weighted by Crippen LogP contribution is 2.30. The number of piperidine rings is 1. The Bertz CT molecular complexity index is 260. The van der Waals surface area contributed by atoms with Crippen LogP contribution in [0.15, 0.2) is 0 Å². The summed E-state index contributed by atoms with van der Waals surface area (Å²) in [5.74, 6) is 0.139. The van der Waals surface area contributed by atoms with Gasteiger partial charge in [0.15, 0.2) is 0 Å². The molecule has 0 aromatic carbocycles. The minimum Gasteiger partial charge on any atom is -0.379 e. The van der Waals surface area contributed by atoms with E-state index in [4.69, 9.17) is 4.74 Å². The SMILES string of the molecule is CC1(C)CCCNC1C(=O)NC1CCOC1. The number of amides is 1. The minimum atomic E-state index is -0.0538. The lowest BCUT2D eigenvalue weighted by Gasteiger charge is -2.38. The summed E-state index contributed by atoms with van der Waals surface area (Å²) in [6, 6.07) is 0.161. The molecule has 92 valence electrons. The molecule has 2 aliphatic rings. The van der Waals surface area contributed by atoms with Crippen LogP contribution in [0, 0.1) is 5.41 Å². The first-order valence-corrected chi connectivity index (χ1v) is 6.21. The average molecular weight is 226 g/mol. The van der Waals surface area contributed by atoms with Gasteiger partial charge in [-0.3, -0.25) is 4.79 Å². The molecule has 2 atom stereocenters. The molecule has 2 aliphatic heterocycles. The van der Waals surface area contributed by atoms with Crippen LogP contribution in [-0.2, 0) is 9.53 Å². The Balaban J connectivity index is 1.91. The molecule has 0 aliphatic carbocycles. The van der Waals surface area contributed by atoms with Crippen LogP contribution < -0.4 is 10.6 Å². The normalized spacial score (nSPS) is 33.6. The summed E-state index contributed by atoms with van der Waals surface area (Å²) in [4.78, 5) is 12.1. The fraction of sp³-hybridized carbons (Fsp3) is 0.917. The smallest absolute Gasteiger partial charge is 0.237 e. The van der Waals surface area contributed by atoms with Gasteiger partial charge in [-0.2, -0.15) is 0 Å². The van der Waals surface area contributed by atoms with E-state index in [1.54, 1.807) is 0 Å².